The maximum Gasteiger partial charge on any atom is 0.317 e. The predicted octanol–water partition coefficient (Wildman–Crippen LogP) is 0.764. The largest absolute Gasteiger partial charge is 0.361 e. The molecule has 3 rings (SSSR count). The van der Waals surface area contributed by atoms with Gasteiger partial charge in [-0.1, -0.05) is 24.2 Å². The zero-order valence-electron chi connectivity index (χ0n) is 14.6. The summed E-state index contributed by atoms with van der Waals surface area (Å²) in [7, 11) is 0. The van der Waals surface area contributed by atoms with Gasteiger partial charge in [0.25, 0.3) is 0 Å². The van der Waals surface area contributed by atoms with E-state index in [9.17, 15) is 9.59 Å². The van der Waals surface area contributed by atoms with E-state index < -0.39 is 5.91 Å². The van der Waals surface area contributed by atoms with E-state index >= 15 is 0 Å². The molecule has 3 N–H and O–H groups in total. The van der Waals surface area contributed by atoms with Gasteiger partial charge in [-0.15, -0.1) is 0 Å². The van der Waals surface area contributed by atoms with Crippen LogP contribution >= 0.6 is 0 Å². The van der Waals surface area contributed by atoms with Crippen molar-refractivity contribution in [3.8, 4) is 0 Å². The summed E-state index contributed by atoms with van der Waals surface area (Å²) < 4.78 is 10.0. The number of piperidine rings is 1. The summed E-state index contributed by atoms with van der Waals surface area (Å²) in [6, 6.07) is -0.260. The van der Waals surface area contributed by atoms with Gasteiger partial charge in [-0.3, -0.25) is 4.79 Å². The van der Waals surface area contributed by atoms with Gasteiger partial charge in [0.15, 0.2) is 11.6 Å². The van der Waals surface area contributed by atoms with Crippen molar-refractivity contribution < 1.29 is 18.6 Å². The topological polar surface area (TPSA) is 153 Å². The van der Waals surface area contributed by atoms with E-state index in [0.29, 0.717) is 24.8 Å². The Kier molecular flexibility index (Phi) is 5.14. The fourth-order valence-electron chi connectivity index (χ4n) is 2.70. The van der Waals surface area contributed by atoms with Gasteiger partial charge < -0.3 is 25.0 Å². The first-order valence-electron chi connectivity index (χ1n) is 8.42. The van der Waals surface area contributed by atoms with Crippen LogP contribution in [-0.2, 0) is 6.54 Å². The molecule has 3 amide bonds. The van der Waals surface area contributed by atoms with Crippen LogP contribution in [-0.4, -0.2) is 50.2 Å². The van der Waals surface area contributed by atoms with Gasteiger partial charge in [0.05, 0.1) is 12.5 Å². The number of carbonyl (C=O) groups is 2. The third kappa shape index (κ3) is 3.98. The Morgan fingerprint density at radius 1 is 1.31 bits per heavy atom. The Balaban J connectivity index is 1.56. The Morgan fingerprint density at radius 3 is 2.77 bits per heavy atom. The minimum absolute atomic E-state index is 0.0149. The highest BCUT2D eigenvalue weighted by Crippen LogP contribution is 2.26. The molecular weight excluding hydrogens is 342 g/mol. The molecule has 140 valence electrons. The molecule has 1 aliphatic rings. The summed E-state index contributed by atoms with van der Waals surface area (Å²) in [4.78, 5) is 33.2. The number of urea groups is 1. The molecule has 0 unspecified atom stereocenters. The van der Waals surface area contributed by atoms with Gasteiger partial charge in [-0.05, 0) is 12.8 Å². The van der Waals surface area contributed by atoms with Crippen LogP contribution in [0.5, 0.6) is 0 Å². The Hall–Kier alpha value is -2.98. The molecule has 2 aromatic heterocycles. The highest BCUT2D eigenvalue weighted by Gasteiger charge is 2.29. The third-order valence-corrected chi connectivity index (χ3v) is 4.11. The van der Waals surface area contributed by atoms with Crippen LogP contribution in [0.1, 0.15) is 66.7 Å². The van der Waals surface area contributed by atoms with Gasteiger partial charge in [-0.2, -0.15) is 9.97 Å². The summed E-state index contributed by atoms with van der Waals surface area (Å²) in [5, 5.41) is 10.3. The number of amides is 3. The number of nitrogens with one attached hydrogen (secondary N) is 1. The molecule has 1 fully saturated rings. The molecule has 1 atom stereocenters. The summed E-state index contributed by atoms with van der Waals surface area (Å²) in [5.74, 6) is 0.523. The molecule has 11 heteroatoms. The van der Waals surface area contributed by atoms with Crippen molar-refractivity contribution in [1.29, 1.82) is 0 Å². The fraction of sp³-hybridized carbons (Fsp3) is 0.600. The SMILES string of the molecule is CC(C)c1noc([C@@H]2CCCN(C(=O)NCc3noc(C(N)=O)n3)C2)n1. The highest BCUT2D eigenvalue weighted by molar-refractivity contribution is 5.87. The first-order valence-corrected chi connectivity index (χ1v) is 8.42. The Morgan fingerprint density at radius 2 is 2.12 bits per heavy atom. The number of nitrogens with two attached hydrogens (primary N) is 1. The van der Waals surface area contributed by atoms with Crippen LogP contribution < -0.4 is 11.1 Å². The Labute approximate surface area is 149 Å². The average Bonchev–Trinajstić information content (AvgIpc) is 3.29. The standard InChI is InChI=1S/C15H21N7O4/c1-8(2)12-19-13(25-21-12)9-4-3-5-22(7-9)15(24)17-6-10-18-14(11(16)23)26-20-10/h8-9H,3-7H2,1-2H3,(H2,16,23)(H,17,24)/t9-/m1/s1. The van der Waals surface area contributed by atoms with Crippen LogP contribution in [0.2, 0.25) is 0 Å². The van der Waals surface area contributed by atoms with E-state index in [2.05, 4.69) is 30.1 Å². The molecule has 0 aromatic carbocycles. The Bertz CT molecular complexity index is 785. The van der Waals surface area contributed by atoms with E-state index in [-0.39, 0.29) is 36.1 Å². The van der Waals surface area contributed by atoms with Crippen molar-refractivity contribution in [3.05, 3.63) is 23.4 Å². The lowest BCUT2D eigenvalue weighted by Gasteiger charge is -2.30. The lowest BCUT2D eigenvalue weighted by Crippen LogP contribution is -2.44. The fourth-order valence-corrected chi connectivity index (χ4v) is 2.70. The molecule has 3 heterocycles. The van der Waals surface area contributed by atoms with Crippen LogP contribution in [0.3, 0.4) is 0 Å². The normalized spacial score (nSPS) is 17.5. The number of hydrogen-bond acceptors (Lipinski definition) is 8. The van der Waals surface area contributed by atoms with Crippen molar-refractivity contribution in [2.45, 2.75) is 45.1 Å². The van der Waals surface area contributed by atoms with Gasteiger partial charge >= 0.3 is 17.8 Å². The highest BCUT2D eigenvalue weighted by atomic mass is 16.5. The zero-order valence-corrected chi connectivity index (χ0v) is 14.6. The minimum atomic E-state index is -0.811. The molecule has 2 aromatic rings. The number of carbonyl (C=O) groups excluding carboxylic acids is 2. The summed E-state index contributed by atoms with van der Waals surface area (Å²) >= 11 is 0. The molecule has 1 saturated heterocycles. The summed E-state index contributed by atoms with van der Waals surface area (Å²) in [6.45, 7) is 5.15. The molecule has 0 bridgehead atoms. The molecule has 0 saturated carbocycles. The van der Waals surface area contributed by atoms with Gasteiger partial charge in [0.2, 0.25) is 5.89 Å². The number of primary amides is 1. The van der Waals surface area contributed by atoms with E-state index in [1.807, 2.05) is 13.8 Å². The lowest BCUT2D eigenvalue weighted by molar-refractivity contribution is 0.0958. The van der Waals surface area contributed by atoms with E-state index in [1.165, 1.54) is 0 Å². The molecular formula is C15H21N7O4. The minimum Gasteiger partial charge on any atom is -0.361 e. The maximum absolute atomic E-state index is 12.4. The van der Waals surface area contributed by atoms with E-state index in [1.54, 1.807) is 4.90 Å². The number of likely N-dealkylation sites (tertiary alicyclic amines) is 1. The molecule has 0 spiro atoms. The summed E-state index contributed by atoms with van der Waals surface area (Å²) in [6.07, 6.45) is 1.72. The van der Waals surface area contributed by atoms with E-state index in [4.69, 9.17) is 10.3 Å². The molecule has 1 aliphatic heterocycles. The van der Waals surface area contributed by atoms with Gasteiger partial charge in [-0.25, -0.2) is 4.79 Å². The third-order valence-electron chi connectivity index (χ3n) is 4.11. The lowest BCUT2D eigenvalue weighted by atomic mass is 9.98. The smallest absolute Gasteiger partial charge is 0.317 e. The van der Waals surface area contributed by atoms with Gasteiger partial charge in [0, 0.05) is 19.0 Å². The second-order valence-corrected chi connectivity index (χ2v) is 6.47. The monoisotopic (exact) mass is 363 g/mol. The number of hydrogen-bond donors (Lipinski definition) is 2. The number of nitrogens with zero attached hydrogens (tertiary/aromatic N) is 5. The maximum atomic E-state index is 12.4. The van der Waals surface area contributed by atoms with Crippen LogP contribution in [0.25, 0.3) is 0 Å². The van der Waals surface area contributed by atoms with Crippen molar-refractivity contribution in [3.63, 3.8) is 0 Å². The zero-order chi connectivity index (χ0) is 18.7. The number of rotatable bonds is 5. The van der Waals surface area contributed by atoms with Gasteiger partial charge in [0.1, 0.15) is 0 Å². The molecule has 26 heavy (non-hydrogen) atoms. The average molecular weight is 363 g/mol. The van der Waals surface area contributed by atoms with Crippen LogP contribution in [0.15, 0.2) is 9.05 Å². The molecule has 11 nitrogen and oxygen atoms in total. The van der Waals surface area contributed by atoms with Crippen molar-refractivity contribution >= 4 is 11.9 Å². The second kappa shape index (κ2) is 7.50. The van der Waals surface area contributed by atoms with E-state index in [0.717, 1.165) is 12.8 Å². The second-order valence-electron chi connectivity index (χ2n) is 6.47. The molecule has 0 radical (unpaired) electrons. The number of aromatic nitrogens is 4. The van der Waals surface area contributed by atoms with Crippen molar-refractivity contribution in [2.24, 2.45) is 5.73 Å². The van der Waals surface area contributed by atoms with Crippen molar-refractivity contribution in [2.75, 3.05) is 13.1 Å². The molecule has 0 aliphatic carbocycles. The first kappa shape index (κ1) is 17.8. The van der Waals surface area contributed by atoms with Crippen molar-refractivity contribution in [1.82, 2.24) is 30.5 Å². The quantitative estimate of drug-likeness (QED) is 0.789. The summed E-state index contributed by atoms with van der Waals surface area (Å²) in [5.41, 5.74) is 5.04. The first-order chi connectivity index (χ1) is 12.4. The predicted molar refractivity (Wildman–Crippen MR) is 87.0 cm³/mol. The van der Waals surface area contributed by atoms with Crippen LogP contribution in [0, 0.1) is 0 Å². The van der Waals surface area contributed by atoms with Crippen LogP contribution in [0.4, 0.5) is 4.79 Å².